The molecule has 25 heavy (non-hydrogen) atoms. The third kappa shape index (κ3) is 3.95. The van der Waals surface area contributed by atoms with E-state index < -0.39 is 17.6 Å². The lowest BCUT2D eigenvalue weighted by Crippen LogP contribution is -2.22. The van der Waals surface area contributed by atoms with E-state index in [4.69, 9.17) is 0 Å². The van der Waals surface area contributed by atoms with Gasteiger partial charge in [0.1, 0.15) is 5.82 Å². The number of hydrogen-bond acceptors (Lipinski definition) is 2. The summed E-state index contributed by atoms with van der Waals surface area (Å²) in [5.74, 6) is -0.432. The van der Waals surface area contributed by atoms with Crippen molar-refractivity contribution in [3.63, 3.8) is 0 Å². The van der Waals surface area contributed by atoms with Gasteiger partial charge in [-0.2, -0.15) is 13.2 Å². The van der Waals surface area contributed by atoms with E-state index in [9.17, 15) is 17.6 Å². The lowest BCUT2D eigenvalue weighted by molar-refractivity contribution is -0.137. The minimum Gasteiger partial charge on any atom is -0.371 e. The lowest BCUT2D eigenvalue weighted by atomic mass is 10.0. The third-order valence-corrected chi connectivity index (χ3v) is 4.22. The summed E-state index contributed by atoms with van der Waals surface area (Å²) < 4.78 is 53.7. The molecule has 0 saturated carbocycles. The van der Waals surface area contributed by atoms with Gasteiger partial charge in [0.15, 0.2) is 0 Å². The van der Waals surface area contributed by atoms with Gasteiger partial charge >= 0.3 is 6.18 Å². The first-order valence-corrected chi connectivity index (χ1v) is 8.02. The number of nitrogens with one attached hydrogen (secondary N) is 1. The van der Waals surface area contributed by atoms with Crippen LogP contribution in [0.4, 0.5) is 28.9 Å². The molecule has 0 atom stereocenters. The fraction of sp³-hybridized carbons (Fsp3) is 0.263. The van der Waals surface area contributed by atoms with Gasteiger partial charge < -0.3 is 10.2 Å². The van der Waals surface area contributed by atoms with Crippen LogP contribution in [-0.4, -0.2) is 13.1 Å². The molecule has 1 saturated heterocycles. The quantitative estimate of drug-likeness (QED) is 0.730. The second kappa shape index (κ2) is 6.78. The number of alkyl halides is 3. The van der Waals surface area contributed by atoms with E-state index in [-0.39, 0.29) is 11.4 Å². The van der Waals surface area contributed by atoms with Gasteiger partial charge in [-0.05, 0) is 48.7 Å². The highest BCUT2D eigenvalue weighted by Gasteiger charge is 2.35. The number of benzene rings is 2. The molecule has 0 spiro atoms. The summed E-state index contributed by atoms with van der Waals surface area (Å²) in [7, 11) is 0. The van der Waals surface area contributed by atoms with Gasteiger partial charge in [-0.15, -0.1) is 0 Å². The smallest absolute Gasteiger partial charge is 0.371 e. The van der Waals surface area contributed by atoms with Crippen LogP contribution in [-0.2, 0) is 6.18 Å². The first-order chi connectivity index (χ1) is 11.8. The molecule has 0 bridgehead atoms. The van der Waals surface area contributed by atoms with Crippen LogP contribution >= 0.6 is 0 Å². The Labute approximate surface area is 143 Å². The second-order valence-corrected chi connectivity index (χ2v) is 6.04. The summed E-state index contributed by atoms with van der Waals surface area (Å²) in [6, 6.07) is 9.89. The highest BCUT2D eigenvalue weighted by molar-refractivity contribution is 5.77. The van der Waals surface area contributed by atoms with Crippen molar-refractivity contribution in [3.05, 3.63) is 66.0 Å². The number of nitrogens with zero attached hydrogens (tertiary/aromatic N) is 1. The monoisotopic (exact) mass is 350 g/mol. The van der Waals surface area contributed by atoms with E-state index in [0.29, 0.717) is 24.3 Å². The van der Waals surface area contributed by atoms with Crippen molar-refractivity contribution in [2.24, 2.45) is 0 Å². The van der Waals surface area contributed by atoms with Gasteiger partial charge in [0.2, 0.25) is 0 Å². The van der Waals surface area contributed by atoms with Crippen LogP contribution in [0.3, 0.4) is 0 Å². The molecule has 0 aliphatic carbocycles. The fourth-order valence-corrected chi connectivity index (χ4v) is 3.00. The summed E-state index contributed by atoms with van der Waals surface area (Å²) in [5.41, 5.74) is 0.562. The molecule has 0 radical (unpaired) electrons. The maximum atomic E-state index is 13.5. The largest absolute Gasteiger partial charge is 0.418 e. The van der Waals surface area contributed by atoms with E-state index in [1.165, 1.54) is 24.3 Å². The molecular formula is C19H18F4N2. The van der Waals surface area contributed by atoms with E-state index in [1.807, 2.05) is 0 Å². The molecule has 132 valence electrons. The summed E-state index contributed by atoms with van der Waals surface area (Å²) in [6.45, 7) is 5.05. The molecule has 0 amide bonds. The van der Waals surface area contributed by atoms with Crippen molar-refractivity contribution < 1.29 is 17.6 Å². The Kier molecular flexibility index (Phi) is 4.70. The number of anilines is 2. The van der Waals surface area contributed by atoms with Crippen molar-refractivity contribution >= 4 is 17.1 Å². The Balaban J connectivity index is 1.90. The Bertz CT molecular complexity index is 777. The predicted molar refractivity (Wildman–Crippen MR) is 91.9 cm³/mol. The fourth-order valence-electron chi connectivity index (χ4n) is 3.00. The first-order valence-electron chi connectivity index (χ1n) is 8.02. The minimum atomic E-state index is -4.45. The third-order valence-electron chi connectivity index (χ3n) is 4.22. The Morgan fingerprint density at radius 3 is 2.40 bits per heavy atom. The maximum Gasteiger partial charge on any atom is 0.418 e. The Morgan fingerprint density at radius 2 is 1.76 bits per heavy atom. The maximum absolute atomic E-state index is 13.5. The standard InChI is InChI=1S/C19H18F4N2/c1-13(24-16-6-4-5-15(20)12-16)14-7-8-18(25-9-2-3-10-25)17(11-14)19(21,22)23/h4-8,11-12,24H,1-3,9-10H2. The zero-order chi connectivity index (χ0) is 18.0. The summed E-state index contributed by atoms with van der Waals surface area (Å²) in [5, 5.41) is 2.85. The van der Waals surface area contributed by atoms with Crippen molar-refractivity contribution in [2.45, 2.75) is 19.0 Å². The van der Waals surface area contributed by atoms with E-state index in [0.717, 1.165) is 18.9 Å². The highest BCUT2D eigenvalue weighted by atomic mass is 19.4. The second-order valence-electron chi connectivity index (χ2n) is 6.04. The number of rotatable bonds is 4. The zero-order valence-corrected chi connectivity index (χ0v) is 13.5. The molecule has 1 aliphatic rings. The van der Waals surface area contributed by atoms with Crippen LogP contribution in [0, 0.1) is 5.82 Å². The highest BCUT2D eigenvalue weighted by Crippen LogP contribution is 2.39. The summed E-state index contributed by atoms with van der Waals surface area (Å²) in [6.07, 6.45) is -2.66. The van der Waals surface area contributed by atoms with Gasteiger partial charge in [0.25, 0.3) is 0 Å². The van der Waals surface area contributed by atoms with Gasteiger partial charge in [0, 0.05) is 30.2 Å². The molecule has 0 aromatic heterocycles. The predicted octanol–water partition coefficient (Wildman–Crippen LogP) is 5.53. The van der Waals surface area contributed by atoms with E-state index >= 15 is 0 Å². The van der Waals surface area contributed by atoms with Crippen LogP contribution in [0.2, 0.25) is 0 Å². The molecule has 2 nitrogen and oxygen atoms in total. The van der Waals surface area contributed by atoms with Crippen LogP contribution in [0.15, 0.2) is 49.0 Å². The molecule has 1 N–H and O–H groups in total. The molecule has 1 fully saturated rings. The molecular weight excluding hydrogens is 332 g/mol. The average Bonchev–Trinajstić information content (AvgIpc) is 3.08. The molecule has 6 heteroatoms. The normalized spacial score (nSPS) is 14.6. The van der Waals surface area contributed by atoms with Gasteiger partial charge in [-0.1, -0.05) is 18.7 Å². The topological polar surface area (TPSA) is 15.3 Å². The summed E-state index contributed by atoms with van der Waals surface area (Å²) in [4.78, 5) is 1.76. The zero-order valence-electron chi connectivity index (χ0n) is 13.5. The van der Waals surface area contributed by atoms with Gasteiger partial charge in [-0.3, -0.25) is 0 Å². The molecule has 0 unspecified atom stereocenters. The van der Waals surface area contributed by atoms with E-state index in [2.05, 4.69) is 11.9 Å². The van der Waals surface area contributed by atoms with E-state index in [1.54, 1.807) is 17.0 Å². The molecule has 2 aromatic carbocycles. The Hall–Kier alpha value is -2.50. The van der Waals surface area contributed by atoms with Gasteiger partial charge in [-0.25, -0.2) is 4.39 Å². The SMILES string of the molecule is C=C(Nc1cccc(F)c1)c1ccc(N2CCCC2)c(C(F)(F)F)c1. The van der Waals surface area contributed by atoms with Crippen LogP contribution in [0.25, 0.3) is 5.70 Å². The van der Waals surface area contributed by atoms with Crippen molar-refractivity contribution in [2.75, 3.05) is 23.3 Å². The number of hydrogen-bond donors (Lipinski definition) is 1. The lowest BCUT2D eigenvalue weighted by Gasteiger charge is -2.23. The van der Waals surface area contributed by atoms with Crippen LogP contribution in [0.1, 0.15) is 24.0 Å². The number of halogens is 4. The molecule has 1 heterocycles. The van der Waals surface area contributed by atoms with Crippen LogP contribution in [0.5, 0.6) is 0 Å². The molecule has 1 aliphatic heterocycles. The van der Waals surface area contributed by atoms with Crippen molar-refractivity contribution in [1.29, 1.82) is 0 Å². The minimum absolute atomic E-state index is 0.201. The first kappa shape index (κ1) is 17.3. The van der Waals surface area contributed by atoms with Crippen molar-refractivity contribution in [1.82, 2.24) is 0 Å². The van der Waals surface area contributed by atoms with Crippen LogP contribution < -0.4 is 10.2 Å². The van der Waals surface area contributed by atoms with Crippen molar-refractivity contribution in [3.8, 4) is 0 Å². The molecule has 3 rings (SSSR count). The average molecular weight is 350 g/mol. The Morgan fingerprint density at radius 1 is 1.04 bits per heavy atom. The molecule has 2 aromatic rings. The summed E-state index contributed by atoms with van der Waals surface area (Å²) >= 11 is 0. The van der Waals surface area contributed by atoms with Gasteiger partial charge in [0.05, 0.1) is 5.56 Å².